The molecule has 1 aromatic rings. The highest BCUT2D eigenvalue weighted by Gasteiger charge is 2.34. The summed E-state index contributed by atoms with van der Waals surface area (Å²) in [5.74, 6) is -0.0416. The molecule has 0 radical (unpaired) electrons. The number of rotatable bonds is 3. The van der Waals surface area contributed by atoms with Gasteiger partial charge in [0, 0.05) is 26.1 Å². The summed E-state index contributed by atoms with van der Waals surface area (Å²) in [7, 11) is 0. The van der Waals surface area contributed by atoms with Crippen LogP contribution in [0, 0.1) is 5.92 Å². The molecule has 2 aliphatic rings. The average molecular weight is 290 g/mol. The van der Waals surface area contributed by atoms with Crippen molar-refractivity contribution in [2.24, 2.45) is 11.7 Å². The molecule has 7 nitrogen and oxygen atoms in total. The molecule has 0 saturated carbocycles. The number of carbonyl (C=O) groups is 2. The number of amides is 2. The Morgan fingerprint density at radius 1 is 1.33 bits per heavy atom. The lowest BCUT2D eigenvalue weighted by molar-refractivity contribution is -0.123. The first kappa shape index (κ1) is 13.8. The van der Waals surface area contributed by atoms with Crippen molar-refractivity contribution in [1.82, 2.24) is 4.98 Å². The molecule has 0 spiro atoms. The summed E-state index contributed by atoms with van der Waals surface area (Å²) in [6.07, 6.45) is 1.85. The lowest BCUT2D eigenvalue weighted by Gasteiger charge is -2.28. The summed E-state index contributed by atoms with van der Waals surface area (Å²) < 4.78 is 5.31. The molecule has 3 rings (SSSR count). The third-order valence-corrected chi connectivity index (χ3v) is 3.91. The normalized spacial score (nSPS) is 22.7. The molecule has 2 N–H and O–H groups in total. The summed E-state index contributed by atoms with van der Waals surface area (Å²) in [4.78, 5) is 31.3. The van der Waals surface area contributed by atoms with E-state index >= 15 is 0 Å². The van der Waals surface area contributed by atoms with Gasteiger partial charge in [0.15, 0.2) is 0 Å². The molecule has 2 aliphatic heterocycles. The van der Waals surface area contributed by atoms with Crippen molar-refractivity contribution in [2.45, 2.75) is 6.42 Å². The van der Waals surface area contributed by atoms with E-state index in [2.05, 4.69) is 9.88 Å². The number of anilines is 2. The Hall–Kier alpha value is -2.15. The largest absolute Gasteiger partial charge is 0.378 e. The second-order valence-electron chi connectivity index (χ2n) is 5.28. The fraction of sp³-hybridized carbons (Fsp3) is 0.500. The van der Waals surface area contributed by atoms with E-state index in [9.17, 15) is 9.59 Å². The van der Waals surface area contributed by atoms with Gasteiger partial charge in [-0.3, -0.25) is 9.59 Å². The number of hydrogen-bond donors (Lipinski definition) is 1. The lowest BCUT2D eigenvalue weighted by atomic mass is 10.1. The highest BCUT2D eigenvalue weighted by atomic mass is 16.5. The highest BCUT2D eigenvalue weighted by Crippen LogP contribution is 2.25. The number of aromatic nitrogens is 1. The number of nitrogens with zero attached hydrogens (tertiary/aromatic N) is 3. The minimum Gasteiger partial charge on any atom is -0.378 e. The van der Waals surface area contributed by atoms with E-state index in [0.29, 0.717) is 25.4 Å². The Bertz CT molecular complexity index is 540. The van der Waals surface area contributed by atoms with Crippen LogP contribution in [-0.2, 0) is 14.3 Å². The number of hydrogen-bond acceptors (Lipinski definition) is 5. The maximum atomic E-state index is 11.9. The van der Waals surface area contributed by atoms with Crippen molar-refractivity contribution < 1.29 is 14.3 Å². The summed E-state index contributed by atoms with van der Waals surface area (Å²) in [5.41, 5.74) is 5.98. The van der Waals surface area contributed by atoms with Gasteiger partial charge >= 0.3 is 0 Å². The van der Waals surface area contributed by atoms with Gasteiger partial charge in [-0.2, -0.15) is 0 Å². The Morgan fingerprint density at radius 2 is 2.10 bits per heavy atom. The quantitative estimate of drug-likeness (QED) is 0.829. The molecule has 2 saturated heterocycles. The molecular weight excluding hydrogens is 272 g/mol. The number of morpholine rings is 1. The van der Waals surface area contributed by atoms with Crippen LogP contribution in [0.4, 0.5) is 11.5 Å². The number of primary amides is 1. The minimum absolute atomic E-state index is 0.0836. The van der Waals surface area contributed by atoms with Crippen molar-refractivity contribution in [3.8, 4) is 0 Å². The van der Waals surface area contributed by atoms with Gasteiger partial charge < -0.3 is 20.3 Å². The molecule has 7 heteroatoms. The van der Waals surface area contributed by atoms with E-state index in [1.165, 1.54) is 0 Å². The van der Waals surface area contributed by atoms with Crippen molar-refractivity contribution in [3.63, 3.8) is 0 Å². The van der Waals surface area contributed by atoms with Gasteiger partial charge in [-0.15, -0.1) is 0 Å². The molecule has 3 heterocycles. The zero-order valence-electron chi connectivity index (χ0n) is 11.7. The lowest BCUT2D eigenvalue weighted by Crippen LogP contribution is -2.36. The monoisotopic (exact) mass is 290 g/mol. The van der Waals surface area contributed by atoms with Crippen LogP contribution in [0.2, 0.25) is 0 Å². The second kappa shape index (κ2) is 5.69. The van der Waals surface area contributed by atoms with Gasteiger partial charge in [0.25, 0.3) is 0 Å². The first-order valence-electron chi connectivity index (χ1n) is 7.03. The molecule has 1 unspecified atom stereocenters. The molecule has 2 fully saturated rings. The van der Waals surface area contributed by atoms with Gasteiger partial charge in [0.2, 0.25) is 11.8 Å². The second-order valence-corrected chi connectivity index (χ2v) is 5.28. The summed E-state index contributed by atoms with van der Waals surface area (Å²) in [6, 6.07) is 3.75. The Kier molecular flexibility index (Phi) is 3.74. The molecule has 0 aromatic carbocycles. The SMILES string of the molecule is NC(=O)C1CC(=O)N(c2ccc(N3CCOCC3)nc2)C1. The summed E-state index contributed by atoms with van der Waals surface area (Å²) in [6.45, 7) is 3.38. The Balaban J connectivity index is 1.72. The van der Waals surface area contributed by atoms with E-state index in [1.807, 2.05) is 12.1 Å². The number of pyridine rings is 1. The van der Waals surface area contributed by atoms with Crippen LogP contribution in [0.15, 0.2) is 18.3 Å². The van der Waals surface area contributed by atoms with Crippen LogP contribution in [0.1, 0.15) is 6.42 Å². The van der Waals surface area contributed by atoms with Crippen LogP contribution in [-0.4, -0.2) is 49.6 Å². The molecule has 0 bridgehead atoms. The smallest absolute Gasteiger partial charge is 0.227 e. The van der Waals surface area contributed by atoms with E-state index < -0.39 is 11.8 Å². The number of ether oxygens (including phenoxy) is 1. The van der Waals surface area contributed by atoms with Gasteiger partial charge in [0.05, 0.1) is 31.0 Å². The van der Waals surface area contributed by atoms with E-state index in [-0.39, 0.29) is 12.3 Å². The molecule has 0 aliphatic carbocycles. The molecule has 112 valence electrons. The van der Waals surface area contributed by atoms with Crippen LogP contribution in [0.5, 0.6) is 0 Å². The molecule has 21 heavy (non-hydrogen) atoms. The van der Waals surface area contributed by atoms with E-state index in [0.717, 1.165) is 18.9 Å². The van der Waals surface area contributed by atoms with Gasteiger partial charge in [-0.25, -0.2) is 4.98 Å². The zero-order valence-corrected chi connectivity index (χ0v) is 11.7. The van der Waals surface area contributed by atoms with Crippen LogP contribution in [0.25, 0.3) is 0 Å². The maximum absolute atomic E-state index is 11.9. The highest BCUT2D eigenvalue weighted by molar-refractivity contribution is 5.99. The first-order valence-corrected chi connectivity index (χ1v) is 7.03. The van der Waals surface area contributed by atoms with Crippen LogP contribution in [0.3, 0.4) is 0 Å². The summed E-state index contributed by atoms with van der Waals surface area (Å²) >= 11 is 0. The first-order chi connectivity index (χ1) is 10.1. The summed E-state index contributed by atoms with van der Waals surface area (Å²) in [5, 5.41) is 0. The van der Waals surface area contributed by atoms with E-state index in [4.69, 9.17) is 10.5 Å². The standard InChI is InChI=1S/C14H18N4O3/c15-14(20)10-7-13(19)18(9-10)11-1-2-12(16-8-11)17-3-5-21-6-4-17/h1-2,8,10H,3-7,9H2,(H2,15,20). The van der Waals surface area contributed by atoms with E-state index in [1.54, 1.807) is 11.1 Å². The molecule has 1 atom stereocenters. The molecular formula is C14H18N4O3. The van der Waals surface area contributed by atoms with Crippen LogP contribution >= 0.6 is 0 Å². The van der Waals surface area contributed by atoms with Crippen molar-refractivity contribution in [1.29, 1.82) is 0 Å². The predicted molar refractivity (Wildman–Crippen MR) is 76.9 cm³/mol. The Labute approximate surface area is 122 Å². The number of nitrogens with two attached hydrogens (primary N) is 1. The maximum Gasteiger partial charge on any atom is 0.227 e. The fourth-order valence-corrected chi connectivity index (χ4v) is 2.67. The fourth-order valence-electron chi connectivity index (χ4n) is 2.67. The van der Waals surface area contributed by atoms with Crippen LogP contribution < -0.4 is 15.5 Å². The Morgan fingerprint density at radius 3 is 2.67 bits per heavy atom. The molecule has 2 amide bonds. The number of carbonyl (C=O) groups excluding carboxylic acids is 2. The minimum atomic E-state index is -0.427. The van der Waals surface area contributed by atoms with Gasteiger partial charge in [-0.05, 0) is 12.1 Å². The van der Waals surface area contributed by atoms with Crippen molar-refractivity contribution >= 4 is 23.3 Å². The van der Waals surface area contributed by atoms with Gasteiger partial charge in [-0.1, -0.05) is 0 Å². The molecule has 1 aromatic heterocycles. The van der Waals surface area contributed by atoms with Gasteiger partial charge in [0.1, 0.15) is 5.82 Å². The predicted octanol–water partition coefficient (Wildman–Crippen LogP) is -0.244. The third-order valence-electron chi connectivity index (χ3n) is 3.91. The third kappa shape index (κ3) is 2.82. The average Bonchev–Trinajstić information content (AvgIpc) is 2.91. The van der Waals surface area contributed by atoms with Crippen molar-refractivity contribution in [2.75, 3.05) is 42.6 Å². The van der Waals surface area contributed by atoms with Crippen molar-refractivity contribution in [3.05, 3.63) is 18.3 Å². The zero-order chi connectivity index (χ0) is 14.8. The topological polar surface area (TPSA) is 88.8 Å².